The minimum atomic E-state index is -0.252. The van der Waals surface area contributed by atoms with Crippen LogP contribution < -0.4 is 0 Å². The maximum atomic E-state index is 13.2. The molecule has 0 spiro atoms. The maximum Gasteiger partial charge on any atom is 0.215 e. The number of benzene rings is 2. The van der Waals surface area contributed by atoms with E-state index in [0.717, 1.165) is 28.1 Å². The van der Waals surface area contributed by atoms with Gasteiger partial charge in [0.15, 0.2) is 0 Å². The summed E-state index contributed by atoms with van der Waals surface area (Å²) >= 11 is 0. The van der Waals surface area contributed by atoms with E-state index in [2.05, 4.69) is 4.57 Å². The van der Waals surface area contributed by atoms with E-state index in [1.807, 2.05) is 34.9 Å². The topological polar surface area (TPSA) is 42.5 Å². The molecule has 4 nitrogen and oxygen atoms in total. The van der Waals surface area contributed by atoms with Gasteiger partial charge in [0, 0.05) is 19.3 Å². The molecule has 0 bridgehead atoms. The number of aromatic nitrogens is 3. The number of para-hydroxylation sites is 2. The molecule has 2 aromatic heterocycles. The van der Waals surface area contributed by atoms with Gasteiger partial charge in [0.05, 0.1) is 16.7 Å². The third-order valence-corrected chi connectivity index (χ3v) is 4.04. The molecule has 5 heteroatoms. The molecule has 2 heterocycles. The van der Waals surface area contributed by atoms with E-state index >= 15 is 0 Å². The number of aliphatic hydroxyl groups excluding tert-OH is 1. The van der Waals surface area contributed by atoms with Gasteiger partial charge in [0.2, 0.25) is 5.78 Å². The first-order valence-corrected chi connectivity index (χ1v) is 7.61. The predicted molar refractivity (Wildman–Crippen MR) is 87.8 cm³/mol. The number of halogens is 1. The largest absolute Gasteiger partial charge is 0.396 e. The van der Waals surface area contributed by atoms with Crippen LogP contribution >= 0.6 is 0 Å². The molecular formula is C18H16FN3O. The third-order valence-electron chi connectivity index (χ3n) is 4.04. The first-order chi connectivity index (χ1) is 11.3. The van der Waals surface area contributed by atoms with Gasteiger partial charge in [0.25, 0.3) is 0 Å². The summed E-state index contributed by atoms with van der Waals surface area (Å²) < 4.78 is 17.3. The lowest BCUT2D eigenvalue weighted by Gasteiger charge is -2.08. The third kappa shape index (κ3) is 2.29. The van der Waals surface area contributed by atoms with Crippen LogP contribution in [0.3, 0.4) is 0 Å². The van der Waals surface area contributed by atoms with Crippen LogP contribution in [0.2, 0.25) is 0 Å². The van der Waals surface area contributed by atoms with Gasteiger partial charge in [-0.05, 0) is 48.4 Å². The van der Waals surface area contributed by atoms with Crippen molar-refractivity contribution < 1.29 is 9.50 Å². The zero-order valence-corrected chi connectivity index (χ0v) is 12.5. The fraction of sp³-hybridized carbons (Fsp3) is 0.167. The highest BCUT2D eigenvalue weighted by molar-refractivity contribution is 5.81. The Morgan fingerprint density at radius 3 is 2.61 bits per heavy atom. The van der Waals surface area contributed by atoms with Crippen molar-refractivity contribution in [2.45, 2.75) is 13.0 Å². The summed E-state index contributed by atoms with van der Waals surface area (Å²) in [6, 6.07) is 14.4. The van der Waals surface area contributed by atoms with Crippen molar-refractivity contribution in [2.24, 2.45) is 0 Å². The highest BCUT2D eigenvalue weighted by Gasteiger charge is 2.15. The summed E-state index contributed by atoms with van der Waals surface area (Å²) in [6.07, 6.45) is 2.66. The summed E-state index contributed by atoms with van der Waals surface area (Å²) in [5.41, 5.74) is 3.87. The fourth-order valence-corrected chi connectivity index (χ4v) is 2.95. The van der Waals surface area contributed by atoms with Gasteiger partial charge in [-0.15, -0.1) is 0 Å². The van der Waals surface area contributed by atoms with Crippen molar-refractivity contribution in [3.8, 4) is 11.3 Å². The number of rotatable bonds is 4. The predicted octanol–water partition coefficient (Wildman–Crippen LogP) is 3.48. The van der Waals surface area contributed by atoms with Crippen molar-refractivity contribution in [3.63, 3.8) is 0 Å². The molecule has 4 aromatic rings. The zero-order valence-electron chi connectivity index (χ0n) is 12.5. The molecule has 4 rings (SSSR count). The van der Waals surface area contributed by atoms with E-state index in [-0.39, 0.29) is 12.4 Å². The van der Waals surface area contributed by atoms with Crippen LogP contribution in [-0.4, -0.2) is 25.7 Å². The summed E-state index contributed by atoms with van der Waals surface area (Å²) in [7, 11) is 0. The SMILES string of the molecule is OCCCn1c(-c2ccc(F)cc2)cn2c3ccccc3nc12. The first kappa shape index (κ1) is 14.0. The van der Waals surface area contributed by atoms with E-state index < -0.39 is 0 Å². The summed E-state index contributed by atoms with van der Waals surface area (Å²) in [4.78, 5) is 4.70. The Hall–Kier alpha value is -2.66. The molecule has 2 aromatic carbocycles. The highest BCUT2D eigenvalue weighted by atomic mass is 19.1. The van der Waals surface area contributed by atoms with Gasteiger partial charge in [0.1, 0.15) is 5.82 Å². The van der Waals surface area contributed by atoms with Gasteiger partial charge < -0.3 is 9.67 Å². The van der Waals surface area contributed by atoms with E-state index in [1.54, 1.807) is 12.1 Å². The van der Waals surface area contributed by atoms with Gasteiger partial charge >= 0.3 is 0 Å². The smallest absolute Gasteiger partial charge is 0.215 e. The second-order valence-electron chi connectivity index (χ2n) is 5.52. The molecule has 0 saturated heterocycles. The van der Waals surface area contributed by atoms with Crippen LogP contribution in [0.1, 0.15) is 6.42 Å². The van der Waals surface area contributed by atoms with Crippen molar-refractivity contribution in [2.75, 3.05) is 6.61 Å². The Balaban J connectivity index is 1.96. The van der Waals surface area contributed by atoms with Crippen LogP contribution in [0.25, 0.3) is 28.1 Å². The molecular weight excluding hydrogens is 293 g/mol. The van der Waals surface area contributed by atoms with Crippen LogP contribution in [0, 0.1) is 5.82 Å². The maximum absolute atomic E-state index is 13.2. The van der Waals surface area contributed by atoms with Crippen molar-refractivity contribution in [1.29, 1.82) is 0 Å². The average molecular weight is 309 g/mol. The van der Waals surface area contributed by atoms with Crippen molar-refractivity contribution in [3.05, 3.63) is 60.5 Å². The number of aliphatic hydroxyl groups is 1. The zero-order chi connectivity index (χ0) is 15.8. The summed E-state index contributed by atoms with van der Waals surface area (Å²) in [5, 5.41) is 9.18. The van der Waals surface area contributed by atoms with Crippen LogP contribution in [0.4, 0.5) is 4.39 Å². The molecule has 116 valence electrons. The lowest BCUT2D eigenvalue weighted by Crippen LogP contribution is -2.03. The molecule has 0 aliphatic rings. The molecule has 0 saturated carbocycles. The molecule has 0 amide bonds. The molecule has 23 heavy (non-hydrogen) atoms. The van der Waals surface area contributed by atoms with Gasteiger partial charge in [-0.2, -0.15) is 0 Å². The van der Waals surface area contributed by atoms with E-state index in [4.69, 9.17) is 4.98 Å². The number of nitrogens with zero attached hydrogens (tertiary/aromatic N) is 3. The second-order valence-corrected chi connectivity index (χ2v) is 5.52. The quantitative estimate of drug-likeness (QED) is 0.627. The Labute approximate surface area is 132 Å². The van der Waals surface area contributed by atoms with Crippen LogP contribution in [0.15, 0.2) is 54.7 Å². The normalized spacial score (nSPS) is 11.6. The van der Waals surface area contributed by atoms with Crippen LogP contribution in [-0.2, 0) is 6.54 Å². The van der Waals surface area contributed by atoms with E-state index in [1.165, 1.54) is 12.1 Å². The molecule has 0 aliphatic carbocycles. The minimum absolute atomic E-state index is 0.118. The number of aryl methyl sites for hydroxylation is 1. The number of hydrogen-bond acceptors (Lipinski definition) is 2. The second kappa shape index (κ2) is 5.52. The molecule has 0 unspecified atom stereocenters. The lowest BCUT2D eigenvalue weighted by atomic mass is 10.1. The van der Waals surface area contributed by atoms with E-state index in [9.17, 15) is 9.50 Å². The Bertz CT molecular complexity index is 969. The molecule has 0 radical (unpaired) electrons. The summed E-state index contributed by atoms with van der Waals surface area (Å²) in [5.74, 6) is 0.580. The fourth-order valence-electron chi connectivity index (χ4n) is 2.95. The Morgan fingerprint density at radius 1 is 1.04 bits per heavy atom. The number of hydrogen-bond donors (Lipinski definition) is 1. The highest BCUT2D eigenvalue weighted by Crippen LogP contribution is 2.27. The summed E-state index contributed by atoms with van der Waals surface area (Å²) in [6.45, 7) is 0.774. The van der Waals surface area contributed by atoms with Crippen LogP contribution in [0.5, 0.6) is 0 Å². The first-order valence-electron chi connectivity index (χ1n) is 7.61. The number of fused-ring (bicyclic) bond motifs is 3. The standard InChI is InChI=1S/C18H16FN3O/c19-14-8-6-13(7-9-14)17-12-22-16-5-2-1-4-15(16)20-18(22)21(17)10-3-11-23/h1-2,4-9,12,23H,3,10-11H2. The van der Waals surface area contributed by atoms with Gasteiger partial charge in [-0.25, -0.2) is 9.37 Å². The molecule has 1 N–H and O–H groups in total. The molecule has 0 fully saturated rings. The van der Waals surface area contributed by atoms with E-state index in [0.29, 0.717) is 13.0 Å². The van der Waals surface area contributed by atoms with Crippen molar-refractivity contribution >= 4 is 16.8 Å². The lowest BCUT2D eigenvalue weighted by molar-refractivity contribution is 0.280. The Morgan fingerprint density at radius 2 is 1.83 bits per heavy atom. The average Bonchev–Trinajstić information content (AvgIpc) is 3.10. The number of imidazole rings is 2. The molecule has 0 atom stereocenters. The van der Waals surface area contributed by atoms with Gasteiger partial charge in [-0.1, -0.05) is 12.1 Å². The minimum Gasteiger partial charge on any atom is -0.396 e. The van der Waals surface area contributed by atoms with Gasteiger partial charge in [-0.3, -0.25) is 4.40 Å². The van der Waals surface area contributed by atoms with Crippen molar-refractivity contribution in [1.82, 2.24) is 14.0 Å². The molecule has 0 aliphatic heterocycles. The Kier molecular flexibility index (Phi) is 3.35. The monoisotopic (exact) mass is 309 g/mol.